The molecule has 0 fully saturated rings. The molecule has 0 aliphatic rings. The van der Waals surface area contributed by atoms with E-state index in [1.807, 2.05) is 6.92 Å². The van der Waals surface area contributed by atoms with Crippen molar-refractivity contribution in [1.82, 2.24) is 0 Å². The van der Waals surface area contributed by atoms with Crippen LogP contribution in [0.25, 0.3) is 0 Å². The molecular weight excluding hydrogens is 246 g/mol. The first kappa shape index (κ1) is 15.0. The molecule has 0 spiro atoms. The maximum atomic E-state index is 11.8. The van der Waals surface area contributed by atoms with Gasteiger partial charge in [0, 0.05) is 5.69 Å². The van der Waals surface area contributed by atoms with Crippen LogP contribution in [0.1, 0.15) is 30.6 Å². The maximum absolute atomic E-state index is 11.8. The van der Waals surface area contributed by atoms with Crippen LogP contribution in [0.2, 0.25) is 0 Å². The highest BCUT2D eigenvalue weighted by Gasteiger charge is 2.19. The van der Waals surface area contributed by atoms with Gasteiger partial charge in [0.25, 0.3) is 0 Å². The van der Waals surface area contributed by atoms with E-state index in [1.54, 1.807) is 31.2 Å². The Hall–Kier alpha value is -2.04. The fourth-order valence-electron chi connectivity index (χ4n) is 1.65. The van der Waals surface area contributed by atoms with Gasteiger partial charge in [0.1, 0.15) is 6.04 Å². The van der Waals surface area contributed by atoms with E-state index < -0.39 is 12.0 Å². The van der Waals surface area contributed by atoms with Crippen LogP contribution >= 0.6 is 0 Å². The van der Waals surface area contributed by atoms with Crippen molar-refractivity contribution >= 4 is 17.6 Å². The fraction of sp³-hybridized carbons (Fsp3) is 0.429. The van der Waals surface area contributed by atoms with Crippen molar-refractivity contribution in [2.24, 2.45) is 0 Å². The Labute approximate surface area is 112 Å². The minimum absolute atomic E-state index is 0.307. The zero-order valence-electron chi connectivity index (χ0n) is 11.4. The molecule has 0 radical (unpaired) electrons. The van der Waals surface area contributed by atoms with Crippen molar-refractivity contribution in [3.8, 4) is 0 Å². The second-order valence-corrected chi connectivity index (χ2v) is 3.89. The van der Waals surface area contributed by atoms with Crippen LogP contribution in [0.3, 0.4) is 0 Å². The van der Waals surface area contributed by atoms with Crippen molar-refractivity contribution in [2.45, 2.75) is 26.3 Å². The largest absolute Gasteiger partial charge is 0.467 e. The molecule has 104 valence electrons. The maximum Gasteiger partial charge on any atom is 0.340 e. The summed E-state index contributed by atoms with van der Waals surface area (Å²) in [6.07, 6.45) is 0.559. The lowest BCUT2D eigenvalue weighted by atomic mass is 10.1. The third-order valence-corrected chi connectivity index (χ3v) is 2.65. The monoisotopic (exact) mass is 265 g/mol. The van der Waals surface area contributed by atoms with Gasteiger partial charge in [-0.05, 0) is 25.5 Å². The molecule has 0 aromatic heterocycles. The van der Waals surface area contributed by atoms with Gasteiger partial charge in [0.2, 0.25) is 0 Å². The molecule has 1 unspecified atom stereocenters. The Kier molecular flexibility index (Phi) is 5.85. The summed E-state index contributed by atoms with van der Waals surface area (Å²) in [6, 6.07) is 6.44. The van der Waals surface area contributed by atoms with Crippen molar-refractivity contribution in [3.05, 3.63) is 29.8 Å². The SMILES string of the molecule is CCOC(=O)c1ccccc1NC(CC)C(=O)OC. The number of rotatable bonds is 6. The predicted octanol–water partition coefficient (Wildman–Crippen LogP) is 2.23. The topological polar surface area (TPSA) is 64.6 Å². The smallest absolute Gasteiger partial charge is 0.340 e. The highest BCUT2D eigenvalue weighted by atomic mass is 16.5. The number of hydrogen-bond acceptors (Lipinski definition) is 5. The number of ether oxygens (including phenoxy) is 2. The third-order valence-electron chi connectivity index (χ3n) is 2.65. The molecule has 1 N–H and O–H groups in total. The number of hydrogen-bond donors (Lipinski definition) is 1. The van der Waals surface area contributed by atoms with E-state index in [0.717, 1.165) is 0 Å². The van der Waals surface area contributed by atoms with Gasteiger partial charge in [0.05, 0.1) is 19.3 Å². The van der Waals surface area contributed by atoms with E-state index in [1.165, 1.54) is 7.11 Å². The summed E-state index contributed by atoms with van der Waals surface area (Å²) in [7, 11) is 1.34. The molecule has 0 saturated heterocycles. The van der Waals surface area contributed by atoms with Gasteiger partial charge in [-0.1, -0.05) is 19.1 Å². The molecule has 0 saturated carbocycles. The summed E-state index contributed by atoms with van der Waals surface area (Å²) in [6.45, 7) is 3.92. The quantitative estimate of drug-likeness (QED) is 0.799. The first-order valence-electron chi connectivity index (χ1n) is 6.24. The molecule has 1 rings (SSSR count). The molecule has 0 heterocycles. The molecular formula is C14H19NO4. The highest BCUT2D eigenvalue weighted by Crippen LogP contribution is 2.18. The normalized spacial score (nSPS) is 11.5. The van der Waals surface area contributed by atoms with Gasteiger partial charge in [-0.3, -0.25) is 0 Å². The standard InChI is InChI=1S/C14H19NO4/c1-4-11(14(17)18-3)15-12-9-7-6-8-10(12)13(16)19-5-2/h6-9,11,15H,4-5H2,1-3H3. The Morgan fingerprint density at radius 2 is 1.95 bits per heavy atom. The van der Waals surface area contributed by atoms with Gasteiger partial charge >= 0.3 is 11.9 Å². The van der Waals surface area contributed by atoms with Gasteiger partial charge < -0.3 is 14.8 Å². The average molecular weight is 265 g/mol. The van der Waals surface area contributed by atoms with E-state index in [4.69, 9.17) is 9.47 Å². The van der Waals surface area contributed by atoms with E-state index in [9.17, 15) is 9.59 Å². The molecule has 0 bridgehead atoms. The third kappa shape index (κ3) is 3.98. The Morgan fingerprint density at radius 1 is 1.26 bits per heavy atom. The summed E-state index contributed by atoms with van der Waals surface area (Å²) in [5, 5.41) is 3.01. The molecule has 1 aromatic rings. The first-order valence-corrected chi connectivity index (χ1v) is 6.24. The molecule has 0 amide bonds. The molecule has 5 heteroatoms. The first-order chi connectivity index (χ1) is 9.13. The lowest BCUT2D eigenvalue weighted by Crippen LogP contribution is -2.30. The molecule has 1 atom stereocenters. The zero-order chi connectivity index (χ0) is 14.3. The summed E-state index contributed by atoms with van der Waals surface area (Å²) in [5.41, 5.74) is 0.977. The van der Waals surface area contributed by atoms with Crippen LogP contribution < -0.4 is 5.32 Å². The van der Waals surface area contributed by atoms with E-state index in [-0.39, 0.29) is 5.97 Å². The second kappa shape index (κ2) is 7.41. The molecule has 0 aliphatic carbocycles. The molecule has 1 aromatic carbocycles. The summed E-state index contributed by atoms with van der Waals surface area (Å²) in [5.74, 6) is -0.772. The van der Waals surface area contributed by atoms with Crippen LogP contribution in [0, 0.1) is 0 Å². The number of esters is 2. The number of carbonyl (C=O) groups excluding carboxylic acids is 2. The summed E-state index contributed by atoms with van der Waals surface area (Å²) < 4.78 is 9.68. The van der Waals surface area contributed by atoms with Crippen LogP contribution in [0.4, 0.5) is 5.69 Å². The fourth-order valence-corrected chi connectivity index (χ4v) is 1.65. The zero-order valence-corrected chi connectivity index (χ0v) is 11.4. The molecule has 0 aliphatic heterocycles. The highest BCUT2D eigenvalue weighted by molar-refractivity contribution is 5.96. The summed E-state index contributed by atoms with van der Waals surface area (Å²) in [4.78, 5) is 23.3. The number of benzene rings is 1. The lowest BCUT2D eigenvalue weighted by Gasteiger charge is -2.17. The predicted molar refractivity (Wildman–Crippen MR) is 72.1 cm³/mol. The second-order valence-electron chi connectivity index (χ2n) is 3.89. The van der Waals surface area contributed by atoms with Crippen molar-refractivity contribution in [3.63, 3.8) is 0 Å². The Balaban J connectivity index is 2.94. The Morgan fingerprint density at radius 3 is 2.53 bits per heavy atom. The van der Waals surface area contributed by atoms with E-state index >= 15 is 0 Å². The van der Waals surface area contributed by atoms with E-state index in [2.05, 4.69) is 5.32 Å². The number of anilines is 1. The number of carbonyl (C=O) groups is 2. The number of methoxy groups -OCH3 is 1. The van der Waals surface area contributed by atoms with Crippen LogP contribution in [0.15, 0.2) is 24.3 Å². The van der Waals surface area contributed by atoms with Crippen molar-refractivity contribution < 1.29 is 19.1 Å². The number of para-hydroxylation sites is 1. The van der Waals surface area contributed by atoms with Gasteiger partial charge in [0.15, 0.2) is 0 Å². The Bertz CT molecular complexity index is 445. The summed E-state index contributed by atoms with van der Waals surface area (Å²) >= 11 is 0. The van der Waals surface area contributed by atoms with E-state index in [0.29, 0.717) is 24.3 Å². The minimum Gasteiger partial charge on any atom is -0.467 e. The van der Waals surface area contributed by atoms with Crippen LogP contribution in [-0.2, 0) is 14.3 Å². The van der Waals surface area contributed by atoms with Crippen LogP contribution in [0.5, 0.6) is 0 Å². The molecule has 19 heavy (non-hydrogen) atoms. The van der Waals surface area contributed by atoms with Crippen molar-refractivity contribution in [2.75, 3.05) is 19.0 Å². The van der Waals surface area contributed by atoms with Crippen molar-refractivity contribution in [1.29, 1.82) is 0 Å². The van der Waals surface area contributed by atoms with Crippen LogP contribution in [-0.4, -0.2) is 31.7 Å². The average Bonchev–Trinajstić information content (AvgIpc) is 2.44. The van der Waals surface area contributed by atoms with Gasteiger partial charge in [-0.2, -0.15) is 0 Å². The van der Waals surface area contributed by atoms with Gasteiger partial charge in [-0.25, -0.2) is 9.59 Å². The minimum atomic E-state index is -0.486. The molecule has 5 nitrogen and oxygen atoms in total. The lowest BCUT2D eigenvalue weighted by molar-refractivity contribution is -0.141. The number of nitrogens with one attached hydrogen (secondary N) is 1. The van der Waals surface area contributed by atoms with Gasteiger partial charge in [-0.15, -0.1) is 0 Å².